The number of halogens is 4. The fourth-order valence-electron chi connectivity index (χ4n) is 3.35. The topological polar surface area (TPSA) is 76.0 Å². The third-order valence-electron chi connectivity index (χ3n) is 5.11. The maximum absolute atomic E-state index is 13.9. The highest BCUT2D eigenvalue weighted by Crippen LogP contribution is 2.61. The van der Waals surface area contributed by atoms with Crippen LogP contribution in [0.25, 0.3) is 0 Å². The van der Waals surface area contributed by atoms with Crippen molar-refractivity contribution in [1.29, 1.82) is 0 Å². The van der Waals surface area contributed by atoms with Crippen molar-refractivity contribution in [2.45, 2.75) is 46.0 Å². The molecular formula is C18H22F4O5. The van der Waals surface area contributed by atoms with Crippen LogP contribution >= 0.6 is 0 Å². The van der Waals surface area contributed by atoms with Gasteiger partial charge in [0.1, 0.15) is 6.61 Å². The summed E-state index contributed by atoms with van der Waals surface area (Å²) in [6.45, 7) is 5.04. The summed E-state index contributed by atoms with van der Waals surface area (Å²) in [6.07, 6.45) is -1.24. The van der Waals surface area contributed by atoms with E-state index < -0.39 is 76.1 Å². The first-order valence-electron chi connectivity index (χ1n) is 8.22. The van der Waals surface area contributed by atoms with E-state index in [1.807, 2.05) is 0 Å². The minimum absolute atomic E-state index is 0.649. The molecule has 5 nitrogen and oxygen atoms in total. The van der Waals surface area contributed by atoms with E-state index >= 15 is 0 Å². The number of ether oxygens (including phenoxy) is 2. The second kappa shape index (κ2) is 6.94. The van der Waals surface area contributed by atoms with Crippen molar-refractivity contribution < 1.29 is 42.0 Å². The maximum atomic E-state index is 13.9. The van der Waals surface area contributed by atoms with Gasteiger partial charge in [0, 0.05) is 5.92 Å². The fraction of sp³-hybridized carbons (Fsp3) is 0.611. The van der Waals surface area contributed by atoms with Gasteiger partial charge >= 0.3 is 5.97 Å². The van der Waals surface area contributed by atoms with Gasteiger partial charge in [0.25, 0.3) is 0 Å². The molecule has 3 unspecified atom stereocenters. The molecule has 9 heteroatoms. The third-order valence-corrected chi connectivity index (χ3v) is 5.11. The number of hydrogen-bond donors (Lipinski definition) is 2. The fourth-order valence-corrected chi connectivity index (χ4v) is 3.35. The smallest absolute Gasteiger partial charge is 0.310 e. The molecule has 27 heavy (non-hydrogen) atoms. The number of aliphatic hydroxyl groups excluding tert-OH is 1. The summed E-state index contributed by atoms with van der Waals surface area (Å²) in [5.74, 6) is -10.5. The lowest BCUT2D eigenvalue weighted by molar-refractivity contribution is -0.148. The number of methoxy groups -OCH3 is 1. The van der Waals surface area contributed by atoms with Gasteiger partial charge in [-0.05, 0) is 19.3 Å². The summed E-state index contributed by atoms with van der Waals surface area (Å²) in [4.78, 5) is 12.3. The van der Waals surface area contributed by atoms with Gasteiger partial charge in [-0.3, -0.25) is 4.79 Å². The lowest BCUT2D eigenvalue weighted by atomic mass is 9.93. The lowest BCUT2D eigenvalue weighted by Gasteiger charge is -2.25. The van der Waals surface area contributed by atoms with Crippen LogP contribution in [-0.2, 0) is 16.1 Å². The Balaban J connectivity index is 2.18. The molecule has 2 N–H and O–H groups in total. The summed E-state index contributed by atoms with van der Waals surface area (Å²) < 4.78 is 64.4. The predicted octanol–water partition coefficient (Wildman–Crippen LogP) is 2.70. The van der Waals surface area contributed by atoms with Gasteiger partial charge < -0.3 is 19.7 Å². The molecule has 0 aliphatic heterocycles. The molecular weight excluding hydrogens is 372 g/mol. The zero-order chi connectivity index (χ0) is 20.9. The van der Waals surface area contributed by atoms with Crippen LogP contribution in [0.5, 0.6) is 5.75 Å². The van der Waals surface area contributed by atoms with Crippen LogP contribution in [0, 0.1) is 40.5 Å². The first kappa shape index (κ1) is 21.4. The average Bonchev–Trinajstić information content (AvgIpc) is 3.13. The summed E-state index contributed by atoms with van der Waals surface area (Å²) in [7, 11) is 0.851. The molecule has 0 aromatic heterocycles. The van der Waals surface area contributed by atoms with E-state index in [1.54, 1.807) is 13.8 Å². The van der Waals surface area contributed by atoms with Gasteiger partial charge in [0.15, 0.2) is 17.4 Å². The minimum Gasteiger partial charge on any atom is -0.491 e. The van der Waals surface area contributed by atoms with Gasteiger partial charge in [0.05, 0.1) is 30.3 Å². The number of carbonyl (C=O) groups is 1. The van der Waals surface area contributed by atoms with Crippen molar-refractivity contribution in [3.63, 3.8) is 0 Å². The van der Waals surface area contributed by atoms with Gasteiger partial charge in [-0.1, -0.05) is 13.8 Å². The standard InChI is InChI=1S/C18H22F4O5/c1-17(2)8(15(23)18(3,4)25)9(17)16(24)27-6-7-10(19)12(21)14(26-5)13(22)11(7)20/h8-9,15,23,25H,6H2,1-5H3. The lowest BCUT2D eigenvalue weighted by Crippen LogP contribution is -2.39. The normalized spacial score (nSPS) is 22.3. The maximum Gasteiger partial charge on any atom is 0.310 e. The van der Waals surface area contributed by atoms with E-state index in [0.29, 0.717) is 0 Å². The van der Waals surface area contributed by atoms with Crippen LogP contribution in [0.2, 0.25) is 0 Å². The number of rotatable bonds is 6. The van der Waals surface area contributed by atoms with Crippen LogP contribution in [0.3, 0.4) is 0 Å². The number of hydrogen-bond acceptors (Lipinski definition) is 5. The Bertz CT molecular complexity index is 728. The van der Waals surface area contributed by atoms with E-state index in [0.717, 1.165) is 7.11 Å². The molecule has 0 amide bonds. The predicted molar refractivity (Wildman–Crippen MR) is 85.7 cm³/mol. The van der Waals surface area contributed by atoms with E-state index in [-0.39, 0.29) is 0 Å². The summed E-state index contributed by atoms with van der Waals surface area (Å²) >= 11 is 0. The van der Waals surface area contributed by atoms with Gasteiger partial charge in [0.2, 0.25) is 11.6 Å². The van der Waals surface area contributed by atoms with Crippen molar-refractivity contribution >= 4 is 5.97 Å². The highest BCUT2D eigenvalue weighted by molar-refractivity contribution is 5.78. The monoisotopic (exact) mass is 394 g/mol. The molecule has 0 bridgehead atoms. The highest BCUT2D eigenvalue weighted by Gasteiger charge is 2.67. The molecule has 1 aliphatic carbocycles. The van der Waals surface area contributed by atoms with Gasteiger partial charge in [-0.15, -0.1) is 0 Å². The van der Waals surface area contributed by atoms with Crippen LogP contribution < -0.4 is 4.74 Å². The SMILES string of the molecule is COc1c(F)c(F)c(COC(=O)C2C(C(O)C(C)(C)O)C2(C)C)c(F)c1F. The van der Waals surface area contributed by atoms with E-state index in [2.05, 4.69) is 4.74 Å². The number of carbonyl (C=O) groups excluding carboxylic acids is 1. The second-order valence-corrected chi connectivity index (χ2v) is 7.80. The van der Waals surface area contributed by atoms with Crippen molar-refractivity contribution in [3.8, 4) is 5.75 Å². The molecule has 2 rings (SSSR count). The van der Waals surface area contributed by atoms with Crippen molar-refractivity contribution in [2.75, 3.05) is 7.11 Å². The average molecular weight is 394 g/mol. The molecule has 0 heterocycles. The molecule has 1 saturated carbocycles. The number of aliphatic hydroxyl groups is 2. The third kappa shape index (κ3) is 3.62. The van der Waals surface area contributed by atoms with Crippen LogP contribution in [0.1, 0.15) is 33.3 Å². The van der Waals surface area contributed by atoms with Crippen molar-refractivity contribution in [3.05, 3.63) is 28.8 Å². The first-order chi connectivity index (χ1) is 12.3. The molecule has 0 radical (unpaired) electrons. The Kier molecular flexibility index (Phi) is 5.51. The molecule has 1 aromatic rings. The minimum atomic E-state index is -1.73. The molecule has 152 valence electrons. The Morgan fingerprint density at radius 2 is 1.63 bits per heavy atom. The van der Waals surface area contributed by atoms with E-state index in [1.165, 1.54) is 13.8 Å². The largest absolute Gasteiger partial charge is 0.491 e. The quantitative estimate of drug-likeness (QED) is 0.441. The van der Waals surface area contributed by atoms with Gasteiger partial charge in [-0.25, -0.2) is 8.78 Å². The zero-order valence-corrected chi connectivity index (χ0v) is 15.6. The number of benzene rings is 1. The highest BCUT2D eigenvalue weighted by atomic mass is 19.2. The van der Waals surface area contributed by atoms with E-state index in [4.69, 9.17) is 4.74 Å². The first-order valence-corrected chi connectivity index (χ1v) is 8.22. The summed E-state index contributed by atoms with van der Waals surface area (Å²) in [5.41, 5.74) is -3.29. The molecule has 3 atom stereocenters. The molecule has 1 aliphatic rings. The Morgan fingerprint density at radius 1 is 1.15 bits per heavy atom. The van der Waals surface area contributed by atoms with Crippen molar-refractivity contribution in [2.24, 2.45) is 17.3 Å². The molecule has 1 fully saturated rings. The molecule has 0 saturated heterocycles. The van der Waals surface area contributed by atoms with E-state index in [9.17, 15) is 32.6 Å². The zero-order valence-electron chi connectivity index (χ0n) is 15.6. The molecule has 1 aromatic carbocycles. The van der Waals surface area contributed by atoms with Crippen LogP contribution in [-0.4, -0.2) is 35.0 Å². The Hall–Kier alpha value is -1.87. The second-order valence-electron chi connectivity index (χ2n) is 7.80. The van der Waals surface area contributed by atoms with Crippen LogP contribution in [0.15, 0.2) is 0 Å². The van der Waals surface area contributed by atoms with Crippen LogP contribution in [0.4, 0.5) is 17.6 Å². The number of esters is 1. The Morgan fingerprint density at radius 3 is 2.04 bits per heavy atom. The summed E-state index contributed by atoms with van der Waals surface area (Å²) in [5, 5.41) is 20.1. The van der Waals surface area contributed by atoms with Gasteiger partial charge in [-0.2, -0.15) is 8.78 Å². The molecule has 0 spiro atoms. The summed E-state index contributed by atoms with van der Waals surface area (Å²) in [6, 6.07) is 0. The van der Waals surface area contributed by atoms with Crippen molar-refractivity contribution in [1.82, 2.24) is 0 Å². The Labute approximate surface area is 153 Å².